The highest BCUT2D eigenvalue weighted by Crippen LogP contribution is 2.29. The van der Waals surface area contributed by atoms with Crippen LogP contribution >= 0.6 is 12.2 Å². The number of nitrogens with zero attached hydrogens (tertiary/aromatic N) is 2. The van der Waals surface area contributed by atoms with Crippen molar-refractivity contribution in [1.29, 1.82) is 0 Å². The van der Waals surface area contributed by atoms with E-state index < -0.39 is 11.6 Å². The number of benzene rings is 2. The van der Waals surface area contributed by atoms with Gasteiger partial charge in [-0.15, -0.1) is 0 Å². The SMILES string of the molecule is COc1ccc(NC(=S)N2CCN(Cc3cccc(F)c3F)CC2)c(OC)c1. The van der Waals surface area contributed by atoms with Crippen LogP contribution < -0.4 is 14.8 Å². The molecule has 0 aromatic heterocycles. The van der Waals surface area contributed by atoms with E-state index in [1.807, 2.05) is 12.1 Å². The minimum absolute atomic E-state index is 0.372. The van der Waals surface area contributed by atoms with Gasteiger partial charge in [0.25, 0.3) is 0 Å². The van der Waals surface area contributed by atoms with Gasteiger partial charge in [0.1, 0.15) is 11.5 Å². The number of piperazine rings is 1. The topological polar surface area (TPSA) is 37.0 Å². The predicted molar refractivity (Wildman–Crippen MR) is 109 cm³/mol. The van der Waals surface area contributed by atoms with Crippen molar-refractivity contribution in [2.75, 3.05) is 45.7 Å². The lowest BCUT2D eigenvalue weighted by Gasteiger charge is -2.36. The molecule has 1 fully saturated rings. The van der Waals surface area contributed by atoms with Gasteiger partial charge in [-0.3, -0.25) is 4.90 Å². The minimum atomic E-state index is -0.810. The summed E-state index contributed by atoms with van der Waals surface area (Å²) in [4.78, 5) is 4.14. The van der Waals surface area contributed by atoms with Gasteiger partial charge in [-0.2, -0.15) is 0 Å². The number of methoxy groups -OCH3 is 2. The smallest absolute Gasteiger partial charge is 0.173 e. The Balaban J connectivity index is 1.56. The molecule has 1 heterocycles. The van der Waals surface area contributed by atoms with Gasteiger partial charge in [0.2, 0.25) is 0 Å². The second-order valence-electron chi connectivity index (χ2n) is 6.47. The zero-order chi connectivity index (χ0) is 20.1. The number of rotatable bonds is 5. The Morgan fingerprint density at radius 2 is 1.82 bits per heavy atom. The van der Waals surface area contributed by atoms with Gasteiger partial charge in [-0.25, -0.2) is 8.78 Å². The molecule has 0 spiro atoms. The third-order valence-electron chi connectivity index (χ3n) is 4.74. The Kier molecular flexibility index (Phi) is 6.64. The van der Waals surface area contributed by atoms with Crippen LogP contribution in [0.1, 0.15) is 5.56 Å². The molecule has 1 saturated heterocycles. The second kappa shape index (κ2) is 9.16. The van der Waals surface area contributed by atoms with Crippen molar-refractivity contribution >= 4 is 23.0 Å². The van der Waals surface area contributed by atoms with Crippen LogP contribution in [0.15, 0.2) is 36.4 Å². The van der Waals surface area contributed by atoms with Gasteiger partial charge in [-0.05, 0) is 30.4 Å². The normalized spacial score (nSPS) is 14.6. The zero-order valence-electron chi connectivity index (χ0n) is 15.9. The molecule has 3 rings (SSSR count). The maximum atomic E-state index is 13.9. The monoisotopic (exact) mass is 407 g/mol. The molecule has 0 bridgehead atoms. The summed E-state index contributed by atoms with van der Waals surface area (Å²) in [7, 11) is 3.19. The molecule has 1 N–H and O–H groups in total. The van der Waals surface area contributed by atoms with Crippen molar-refractivity contribution in [3.63, 3.8) is 0 Å². The number of thiocarbonyl (C=S) groups is 1. The van der Waals surface area contributed by atoms with Crippen LogP contribution in [-0.2, 0) is 6.54 Å². The van der Waals surface area contributed by atoms with Crippen molar-refractivity contribution in [3.8, 4) is 11.5 Å². The first-order valence-corrected chi connectivity index (χ1v) is 9.36. The van der Waals surface area contributed by atoms with E-state index in [0.29, 0.717) is 54.9 Å². The third-order valence-corrected chi connectivity index (χ3v) is 5.10. The van der Waals surface area contributed by atoms with Crippen LogP contribution in [0.4, 0.5) is 14.5 Å². The van der Waals surface area contributed by atoms with Gasteiger partial charge in [0, 0.05) is 44.4 Å². The quantitative estimate of drug-likeness (QED) is 0.765. The molecule has 2 aromatic carbocycles. The lowest BCUT2D eigenvalue weighted by atomic mass is 10.1. The van der Waals surface area contributed by atoms with Crippen LogP contribution in [0.5, 0.6) is 11.5 Å². The summed E-state index contributed by atoms with van der Waals surface area (Å²) >= 11 is 5.53. The highest BCUT2D eigenvalue weighted by molar-refractivity contribution is 7.80. The van der Waals surface area contributed by atoms with Crippen molar-refractivity contribution in [2.45, 2.75) is 6.54 Å². The summed E-state index contributed by atoms with van der Waals surface area (Å²) in [6.45, 7) is 3.18. The van der Waals surface area contributed by atoms with E-state index in [1.54, 1.807) is 26.4 Å². The lowest BCUT2D eigenvalue weighted by molar-refractivity contribution is 0.175. The maximum absolute atomic E-state index is 13.9. The van der Waals surface area contributed by atoms with Crippen LogP contribution in [0.3, 0.4) is 0 Å². The highest BCUT2D eigenvalue weighted by atomic mass is 32.1. The van der Waals surface area contributed by atoms with E-state index in [1.165, 1.54) is 6.07 Å². The molecule has 2 aromatic rings. The standard InChI is InChI=1S/C20H23F2N3O2S/c1-26-15-6-7-17(18(12-15)27-2)23-20(28)25-10-8-24(9-11-25)13-14-4-3-5-16(21)19(14)22/h3-7,12H,8-11,13H2,1-2H3,(H,23,28). The maximum Gasteiger partial charge on any atom is 0.173 e. The molecule has 1 aliphatic rings. The van der Waals surface area contributed by atoms with Crippen molar-refractivity contribution < 1.29 is 18.3 Å². The van der Waals surface area contributed by atoms with Gasteiger partial charge in [0.05, 0.1) is 19.9 Å². The fourth-order valence-electron chi connectivity index (χ4n) is 3.12. The predicted octanol–water partition coefficient (Wildman–Crippen LogP) is 3.50. The lowest BCUT2D eigenvalue weighted by Crippen LogP contribution is -2.49. The number of anilines is 1. The van der Waals surface area contributed by atoms with E-state index in [2.05, 4.69) is 15.1 Å². The average Bonchev–Trinajstić information content (AvgIpc) is 2.72. The molecular formula is C20H23F2N3O2S. The van der Waals surface area contributed by atoms with Crippen LogP contribution in [0.25, 0.3) is 0 Å². The second-order valence-corrected chi connectivity index (χ2v) is 6.86. The molecule has 1 aliphatic heterocycles. The Morgan fingerprint density at radius 3 is 2.50 bits per heavy atom. The van der Waals surface area contributed by atoms with Gasteiger partial charge in [0.15, 0.2) is 16.7 Å². The summed E-state index contributed by atoms with van der Waals surface area (Å²) in [5.41, 5.74) is 1.13. The molecule has 5 nitrogen and oxygen atoms in total. The van der Waals surface area contributed by atoms with Crippen molar-refractivity contribution in [1.82, 2.24) is 9.80 Å². The van der Waals surface area contributed by atoms with Crippen LogP contribution in [0.2, 0.25) is 0 Å². The minimum Gasteiger partial charge on any atom is -0.497 e. The van der Waals surface area contributed by atoms with Crippen LogP contribution in [0, 0.1) is 11.6 Å². The number of halogens is 2. The van der Waals surface area contributed by atoms with E-state index in [9.17, 15) is 8.78 Å². The number of ether oxygens (including phenoxy) is 2. The molecule has 0 radical (unpaired) electrons. The molecule has 0 saturated carbocycles. The fraction of sp³-hybridized carbons (Fsp3) is 0.350. The summed E-state index contributed by atoms with van der Waals surface area (Å²) in [6, 6.07) is 9.76. The molecule has 0 amide bonds. The number of hydrogen-bond donors (Lipinski definition) is 1. The molecule has 28 heavy (non-hydrogen) atoms. The van der Waals surface area contributed by atoms with Crippen molar-refractivity contribution in [2.24, 2.45) is 0 Å². The van der Waals surface area contributed by atoms with E-state index in [4.69, 9.17) is 21.7 Å². The molecule has 150 valence electrons. The first-order chi connectivity index (χ1) is 13.5. The van der Waals surface area contributed by atoms with Crippen LogP contribution in [-0.4, -0.2) is 55.3 Å². The Morgan fingerprint density at radius 1 is 1.07 bits per heavy atom. The number of nitrogens with one attached hydrogen (secondary N) is 1. The Labute approximate surface area is 168 Å². The first kappa shape index (κ1) is 20.3. The molecule has 0 unspecified atom stereocenters. The highest BCUT2D eigenvalue weighted by Gasteiger charge is 2.21. The van der Waals surface area contributed by atoms with E-state index in [-0.39, 0.29) is 0 Å². The molecule has 8 heteroatoms. The van der Waals surface area contributed by atoms with Gasteiger partial charge < -0.3 is 19.7 Å². The van der Waals surface area contributed by atoms with E-state index >= 15 is 0 Å². The largest absolute Gasteiger partial charge is 0.497 e. The Hall–Kier alpha value is -2.45. The average molecular weight is 407 g/mol. The third kappa shape index (κ3) is 4.69. The summed E-state index contributed by atoms with van der Waals surface area (Å²) in [6.07, 6.45) is 0. The fourth-order valence-corrected chi connectivity index (χ4v) is 3.41. The molecule has 0 aliphatic carbocycles. The molecule has 0 atom stereocenters. The zero-order valence-corrected chi connectivity index (χ0v) is 16.7. The Bertz CT molecular complexity index is 842. The molecular weight excluding hydrogens is 384 g/mol. The first-order valence-electron chi connectivity index (χ1n) is 8.95. The van der Waals surface area contributed by atoms with Crippen molar-refractivity contribution in [3.05, 3.63) is 53.6 Å². The van der Waals surface area contributed by atoms with Gasteiger partial charge in [-0.1, -0.05) is 12.1 Å². The van der Waals surface area contributed by atoms with E-state index in [0.717, 1.165) is 11.8 Å². The summed E-state index contributed by atoms with van der Waals surface area (Å²) in [5, 5.41) is 3.81. The summed E-state index contributed by atoms with van der Waals surface area (Å²) < 4.78 is 37.8. The van der Waals surface area contributed by atoms with Gasteiger partial charge >= 0.3 is 0 Å². The summed E-state index contributed by atoms with van der Waals surface area (Å²) in [5.74, 6) is -0.239. The number of hydrogen-bond acceptors (Lipinski definition) is 4.